The predicted molar refractivity (Wildman–Crippen MR) is 109 cm³/mol. The van der Waals surface area contributed by atoms with Crippen molar-refractivity contribution < 1.29 is 4.74 Å². The third kappa shape index (κ3) is 6.80. The van der Waals surface area contributed by atoms with Gasteiger partial charge in [-0.3, -0.25) is 9.89 Å². The van der Waals surface area contributed by atoms with E-state index in [1.807, 2.05) is 18.2 Å². The highest BCUT2D eigenvalue weighted by Crippen LogP contribution is 2.27. The molecule has 5 nitrogen and oxygen atoms in total. The first kappa shape index (κ1) is 21.1. The number of anilines is 1. The lowest BCUT2D eigenvalue weighted by atomic mass is 10.0. The molecule has 0 aromatic heterocycles. The second kappa shape index (κ2) is 10.8. The van der Waals surface area contributed by atoms with Crippen LogP contribution in [0.5, 0.6) is 5.75 Å². The highest BCUT2D eigenvalue weighted by atomic mass is 35.5. The molecular formula is C19H29ClN4O. The number of nitrogens with zero attached hydrogens (tertiary/aromatic N) is 2. The molecule has 0 radical (unpaired) electrons. The molecule has 0 aliphatic carbocycles. The van der Waals surface area contributed by atoms with Gasteiger partial charge in [-0.1, -0.05) is 37.6 Å². The van der Waals surface area contributed by atoms with E-state index in [9.17, 15) is 0 Å². The minimum atomic E-state index is 0.246. The molecule has 3 N–H and O–H groups in total. The fourth-order valence-electron chi connectivity index (χ4n) is 2.55. The minimum Gasteiger partial charge on any atom is -0.495 e. The van der Waals surface area contributed by atoms with Crippen LogP contribution < -0.4 is 15.8 Å². The van der Waals surface area contributed by atoms with Crippen LogP contribution in [-0.4, -0.2) is 43.6 Å². The van der Waals surface area contributed by atoms with Crippen LogP contribution in [0.2, 0.25) is 5.02 Å². The van der Waals surface area contributed by atoms with Gasteiger partial charge in [0.15, 0.2) is 5.96 Å². The van der Waals surface area contributed by atoms with Crippen LogP contribution in [-0.2, 0) is 0 Å². The Morgan fingerprint density at radius 2 is 2.00 bits per heavy atom. The molecule has 0 bridgehead atoms. The smallest absolute Gasteiger partial charge is 0.193 e. The third-order valence-corrected chi connectivity index (χ3v) is 4.13. The zero-order valence-electron chi connectivity index (χ0n) is 15.3. The molecule has 1 atom stereocenters. The van der Waals surface area contributed by atoms with Gasteiger partial charge in [-0.05, 0) is 24.1 Å². The van der Waals surface area contributed by atoms with Gasteiger partial charge in [0.1, 0.15) is 5.75 Å². The van der Waals surface area contributed by atoms with Gasteiger partial charge in [0.2, 0.25) is 0 Å². The van der Waals surface area contributed by atoms with Crippen LogP contribution >= 0.6 is 11.6 Å². The molecule has 1 rings (SSSR count). The van der Waals surface area contributed by atoms with E-state index in [1.54, 1.807) is 19.2 Å². The molecule has 138 valence electrons. The number of hydrogen-bond acceptors (Lipinski definition) is 3. The Hall–Kier alpha value is -1.98. The number of nitrogens with one attached hydrogen (secondary N) is 1. The zero-order chi connectivity index (χ0) is 18.8. The number of rotatable bonds is 10. The van der Waals surface area contributed by atoms with Crippen LogP contribution in [0.15, 0.2) is 48.5 Å². The van der Waals surface area contributed by atoms with Gasteiger partial charge in [0.05, 0.1) is 18.7 Å². The molecule has 0 saturated carbocycles. The van der Waals surface area contributed by atoms with Crippen molar-refractivity contribution in [3.63, 3.8) is 0 Å². The monoisotopic (exact) mass is 364 g/mol. The number of aliphatic imine (C=N–C) groups is 1. The van der Waals surface area contributed by atoms with E-state index in [-0.39, 0.29) is 6.04 Å². The normalized spacial score (nSPS) is 13.0. The van der Waals surface area contributed by atoms with E-state index in [4.69, 9.17) is 22.1 Å². The molecule has 25 heavy (non-hydrogen) atoms. The molecule has 0 fully saturated rings. The summed E-state index contributed by atoms with van der Waals surface area (Å²) in [6.45, 7) is 14.2. The van der Waals surface area contributed by atoms with Crippen molar-refractivity contribution in [3.05, 3.63) is 48.5 Å². The van der Waals surface area contributed by atoms with Crippen molar-refractivity contribution in [1.29, 1.82) is 0 Å². The summed E-state index contributed by atoms with van der Waals surface area (Å²) in [7, 11) is 1.58. The van der Waals surface area contributed by atoms with Gasteiger partial charge < -0.3 is 15.8 Å². The molecule has 0 aliphatic heterocycles. The van der Waals surface area contributed by atoms with E-state index in [2.05, 4.69) is 42.2 Å². The van der Waals surface area contributed by atoms with Gasteiger partial charge in [-0.15, -0.1) is 13.2 Å². The number of ether oxygens (including phenoxy) is 1. The van der Waals surface area contributed by atoms with Crippen LogP contribution in [0.3, 0.4) is 0 Å². The summed E-state index contributed by atoms with van der Waals surface area (Å²) in [5.41, 5.74) is 6.79. The van der Waals surface area contributed by atoms with Crippen molar-refractivity contribution in [2.75, 3.05) is 32.1 Å². The topological polar surface area (TPSA) is 62.9 Å². The van der Waals surface area contributed by atoms with Gasteiger partial charge in [-0.25, -0.2) is 0 Å². The first-order valence-electron chi connectivity index (χ1n) is 8.29. The van der Waals surface area contributed by atoms with Crippen molar-refractivity contribution in [1.82, 2.24) is 4.90 Å². The zero-order valence-corrected chi connectivity index (χ0v) is 16.1. The van der Waals surface area contributed by atoms with Crippen LogP contribution in [0.4, 0.5) is 5.69 Å². The molecule has 6 heteroatoms. The number of guanidine groups is 1. The number of benzene rings is 1. The molecule has 0 heterocycles. The Balaban J connectivity index is 2.79. The Bertz CT molecular complexity index is 591. The molecule has 1 unspecified atom stereocenters. The first-order chi connectivity index (χ1) is 11.9. The SMILES string of the molecule is C=CCN(CC=C)C(CN=C(N)Nc1ccc(OC)c(Cl)c1)C(C)C. The molecule has 0 spiro atoms. The van der Waals surface area contributed by atoms with Gasteiger partial charge >= 0.3 is 0 Å². The lowest BCUT2D eigenvalue weighted by Crippen LogP contribution is -2.42. The fourth-order valence-corrected chi connectivity index (χ4v) is 2.81. The molecule has 1 aromatic rings. The van der Waals surface area contributed by atoms with Crippen LogP contribution in [0.25, 0.3) is 0 Å². The lowest BCUT2D eigenvalue weighted by Gasteiger charge is -2.31. The Kier molecular flexibility index (Phi) is 9.10. The molecule has 0 amide bonds. The second-order valence-corrected chi connectivity index (χ2v) is 6.45. The number of methoxy groups -OCH3 is 1. The Labute approximate surface area is 156 Å². The second-order valence-electron chi connectivity index (χ2n) is 6.04. The molecule has 1 aromatic carbocycles. The summed E-state index contributed by atoms with van der Waals surface area (Å²) in [5, 5.41) is 3.58. The summed E-state index contributed by atoms with van der Waals surface area (Å²) >= 11 is 6.12. The summed E-state index contributed by atoms with van der Waals surface area (Å²) in [5.74, 6) is 1.39. The van der Waals surface area contributed by atoms with E-state index < -0.39 is 0 Å². The highest BCUT2D eigenvalue weighted by Gasteiger charge is 2.19. The first-order valence-corrected chi connectivity index (χ1v) is 8.67. The average Bonchev–Trinajstić information content (AvgIpc) is 2.55. The van der Waals surface area contributed by atoms with Crippen molar-refractivity contribution in [2.45, 2.75) is 19.9 Å². The van der Waals surface area contributed by atoms with Gasteiger partial charge in [0, 0.05) is 24.8 Å². The number of hydrogen-bond donors (Lipinski definition) is 2. The highest BCUT2D eigenvalue weighted by molar-refractivity contribution is 6.32. The third-order valence-electron chi connectivity index (χ3n) is 3.84. The van der Waals surface area contributed by atoms with Gasteiger partial charge in [-0.2, -0.15) is 0 Å². The van der Waals surface area contributed by atoms with Crippen LogP contribution in [0.1, 0.15) is 13.8 Å². The maximum atomic E-state index is 6.12. The predicted octanol–water partition coefficient (Wildman–Crippen LogP) is 3.77. The standard InChI is InChI=1S/C19H29ClN4O/c1-6-10-24(11-7-2)17(14(3)4)13-22-19(21)23-15-8-9-18(25-5)16(20)12-15/h6-9,12,14,17H,1-2,10-11,13H2,3-5H3,(H3,21,22,23). The van der Waals surface area contributed by atoms with Crippen LogP contribution in [0, 0.1) is 5.92 Å². The Morgan fingerprint density at radius 3 is 2.48 bits per heavy atom. The summed E-state index contributed by atoms with van der Waals surface area (Å²) in [6.07, 6.45) is 3.78. The van der Waals surface area contributed by atoms with Crippen molar-refractivity contribution in [3.8, 4) is 5.75 Å². The molecular weight excluding hydrogens is 336 g/mol. The van der Waals surface area contributed by atoms with Crippen molar-refractivity contribution in [2.24, 2.45) is 16.6 Å². The maximum Gasteiger partial charge on any atom is 0.193 e. The number of halogens is 1. The quantitative estimate of drug-likeness (QED) is 0.377. The number of nitrogens with two attached hydrogens (primary N) is 1. The van der Waals surface area contributed by atoms with Gasteiger partial charge in [0.25, 0.3) is 0 Å². The fraction of sp³-hybridized carbons (Fsp3) is 0.421. The lowest BCUT2D eigenvalue weighted by molar-refractivity contribution is 0.196. The van der Waals surface area contributed by atoms with Crippen molar-refractivity contribution >= 4 is 23.2 Å². The summed E-state index contributed by atoms with van der Waals surface area (Å²) in [6, 6.07) is 5.63. The van der Waals surface area contributed by atoms with E-state index in [1.165, 1.54) is 0 Å². The maximum absolute atomic E-state index is 6.12. The minimum absolute atomic E-state index is 0.246. The van der Waals surface area contributed by atoms with E-state index in [0.717, 1.165) is 18.8 Å². The Morgan fingerprint density at radius 1 is 1.36 bits per heavy atom. The summed E-state index contributed by atoms with van der Waals surface area (Å²) in [4.78, 5) is 6.78. The summed E-state index contributed by atoms with van der Waals surface area (Å²) < 4.78 is 5.14. The molecule has 0 saturated heterocycles. The van der Waals surface area contributed by atoms with E-state index in [0.29, 0.717) is 29.2 Å². The van der Waals surface area contributed by atoms with E-state index >= 15 is 0 Å². The largest absolute Gasteiger partial charge is 0.495 e. The molecule has 0 aliphatic rings. The average molecular weight is 365 g/mol.